The minimum atomic E-state index is 1.17. The number of rotatable bonds is 4. The summed E-state index contributed by atoms with van der Waals surface area (Å²) in [5.41, 5.74) is 9.54. The molecule has 0 amide bonds. The first-order valence-corrected chi connectivity index (χ1v) is 12.3. The maximum atomic E-state index is 2.35. The fourth-order valence-electron chi connectivity index (χ4n) is 5.26. The van der Waals surface area contributed by atoms with E-state index < -0.39 is 0 Å². The van der Waals surface area contributed by atoms with Gasteiger partial charge in [0.25, 0.3) is 0 Å². The molecule has 36 heavy (non-hydrogen) atoms. The molecule has 5 aromatic carbocycles. The van der Waals surface area contributed by atoms with Gasteiger partial charge in [0, 0.05) is 22.1 Å². The molecule has 7 aromatic rings. The lowest BCUT2D eigenvalue weighted by molar-refractivity contribution is 1.13. The number of hydrogen-bond donors (Lipinski definition) is 0. The second kappa shape index (κ2) is 8.44. The highest BCUT2D eigenvalue weighted by atomic mass is 15.0. The summed E-state index contributed by atoms with van der Waals surface area (Å²) in [5.74, 6) is 0. The first kappa shape index (κ1) is 20.5. The molecule has 0 bridgehead atoms. The summed E-state index contributed by atoms with van der Waals surface area (Å²) in [6.07, 6.45) is 0. The van der Waals surface area contributed by atoms with Gasteiger partial charge in [-0.1, -0.05) is 97.1 Å². The summed E-state index contributed by atoms with van der Waals surface area (Å²) in [5, 5.41) is 2.48. The van der Waals surface area contributed by atoms with Crippen molar-refractivity contribution in [2.45, 2.75) is 0 Å². The van der Waals surface area contributed by atoms with Gasteiger partial charge in [0.15, 0.2) is 0 Å². The van der Waals surface area contributed by atoms with Gasteiger partial charge in [0.1, 0.15) is 0 Å². The molecule has 7 rings (SSSR count). The van der Waals surface area contributed by atoms with Crippen LogP contribution in [0.4, 0.5) is 0 Å². The van der Waals surface area contributed by atoms with Crippen molar-refractivity contribution in [3.05, 3.63) is 146 Å². The second-order valence-electron chi connectivity index (χ2n) is 9.10. The van der Waals surface area contributed by atoms with E-state index >= 15 is 0 Å². The Labute approximate surface area is 210 Å². The fraction of sp³-hybridized carbons (Fsp3) is 0. The lowest BCUT2D eigenvalue weighted by atomic mass is 10.1. The first-order valence-electron chi connectivity index (χ1n) is 12.3. The quantitative estimate of drug-likeness (QED) is 0.248. The van der Waals surface area contributed by atoms with Crippen molar-refractivity contribution in [2.24, 2.45) is 0 Å². The predicted octanol–water partition coefficient (Wildman–Crippen LogP) is 8.91. The number of para-hydroxylation sites is 4. The number of aromatic nitrogens is 2. The molecular formula is C34H24N2. The van der Waals surface area contributed by atoms with Gasteiger partial charge in [0.2, 0.25) is 0 Å². The Morgan fingerprint density at radius 2 is 0.694 bits per heavy atom. The Kier molecular flexibility index (Phi) is 4.82. The fourth-order valence-corrected chi connectivity index (χ4v) is 5.26. The summed E-state index contributed by atoms with van der Waals surface area (Å²) in [6, 6.07) is 51.9. The Balaban J connectivity index is 1.39. The molecule has 0 saturated carbocycles. The van der Waals surface area contributed by atoms with Gasteiger partial charge >= 0.3 is 0 Å². The van der Waals surface area contributed by atoms with E-state index in [2.05, 4.69) is 155 Å². The molecule has 2 aromatic heterocycles. The second-order valence-corrected chi connectivity index (χ2v) is 9.10. The van der Waals surface area contributed by atoms with Crippen LogP contribution in [0.1, 0.15) is 0 Å². The van der Waals surface area contributed by atoms with Gasteiger partial charge in [-0.05, 0) is 59.7 Å². The van der Waals surface area contributed by atoms with Gasteiger partial charge < -0.3 is 9.13 Å². The molecule has 0 unspecified atom stereocenters. The average molecular weight is 461 g/mol. The average Bonchev–Trinajstić information content (AvgIpc) is 3.53. The SMILES string of the molecule is c1ccc(-n2c(-c3ccc(-c4cc5ccccc5n4-c4ccccc4)cc3)cc3ccccc32)cc1. The highest BCUT2D eigenvalue weighted by Gasteiger charge is 2.15. The van der Waals surface area contributed by atoms with E-state index in [0.717, 1.165) is 0 Å². The number of hydrogen-bond acceptors (Lipinski definition) is 0. The Bertz CT molecular complexity index is 1670. The number of fused-ring (bicyclic) bond motifs is 2. The maximum Gasteiger partial charge on any atom is 0.0540 e. The van der Waals surface area contributed by atoms with Gasteiger partial charge in [0.05, 0.1) is 22.4 Å². The number of nitrogens with zero attached hydrogens (tertiary/aromatic N) is 2. The van der Waals surface area contributed by atoms with Crippen LogP contribution in [-0.2, 0) is 0 Å². The smallest absolute Gasteiger partial charge is 0.0540 e. The van der Waals surface area contributed by atoms with Gasteiger partial charge in [-0.25, -0.2) is 0 Å². The highest BCUT2D eigenvalue weighted by Crippen LogP contribution is 2.35. The van der Waals surface area contributed by atoms with E-state index in [4.69, 9.17) is 0 Å². The Morgan fingerprint density at radius 3 is 1.11 bits per heavy atom. The van der Waals surface area contributed by atoms with Crippen molar-refractivity contribution in [1.82, 2.24) is 9.13 Å². The van der Waals surface area contributed by atoms with Crippen LogP contribution in [0, 0.1) is 0 Å². The molecule has 170 valence electrons. The zero-order valence-corrected chi connectivity index (χ0v) is 19.8. The van der Waals surface area contributed by atoms with Crippen molar-refractivity contribution >= 4 is 21.8 Å². The summed E-state index contributed by atoms with van der Waals surface area (Å²) in [4.78, 5) is 0. The highest BCUT2D eigenvalue weighted by molar-refractivity contribution is 5.91. The third-order valence-corrected chi connectivity index (χ3v) is 6.93. The summed E-state index contributed by atoms with van der Waals surface area (Å²) in [6.45, 7) is 0. The van der Waals surface area contributed by atoms with Crippen LogP contribution in [0.3, 0.4) is 0 Å². The molecule has 0 aliphatic carbocycles. The van der Waals surface area contributed by atoms with Crippen molar-refractivity contribution < 1.29 is 0 Å². The molecule has 0 aliphatic heterocycles. The Hall–Kier alpha value is -4.82. The van der Waals surface area contributed by atoms with Crippen molar-refractivity contribution in [3.63, 3.8) is 0 Å². The Morgan fingerprint density at radius 1 is 0.333 bits per heavy atom. The topological polar surface area (TPSA) is 9.86 Å². The van der Waals surface area contributed by atoms with Crippen LogP contribution in [0.25, 0.3) is 55.7 Å². The van der Waals surface area contributed by atoms with Crippen LogP contribution in [-0.4, -0.2) is 9.13 Å². The minimum absolute atomic E-state index is 1.17. The van der Waals surface area contributed by atoms with E-state index in [1.807, 2.05) is 0 Å². The molecule has 0 spiro atoms. The molecule has 0 radical (unpaired) electrons. The third-order valence-electron chi connectivity index (χ3n) is 6.93. The number of benzene rings is 5. The van der Waals surface area contributed by atoms with Crippen LogP contribution in [0.15, 0.2) is 146 Å². The predicted molar refractivity (Wildman–Crippen MR) is 151 cm³/mol. The lowest BCUT2D eigenvalue weighted by Gasteiger charge is -2.13. The van der Waals surface area contributed by atoms with Crippen molar-refractivity contribution in [3.8, 4) is 33.9 Å². The molecule has 0 saturated heterocycles. The van der Waals surface area contributed by atoms with E-state index in [1.54, 1.807) is 0 Å². The molecule has 2 heteroatoms. The van der Waals surface area contributed by atoms with E-state index in [-0.39, 0.29) is 0 Å². The summed E-state index contributed by atoms with van der Waals surface area (Å²) >= 11 is 0. The van der Waals surface area contributed by atoms with Gasteiger partial charge in [-0.3, -0.25) is 0 Å². The molecule has 0 fully saturated rings. The van der Waals surface area contributed by atoms with E-state index in [0.29, 0.717) is 0 Å². The molecule has 0 atom stereocenters. The third kappa shape index (κ3) is 3.35. The van der Waals surface area contributed by atoms with E-state index in [1.165, 1.54) is 55.7 Å². The molecular weight excluding hydrogens is 436 g/mol. The van der Waals surface area contributed by atoms with Gasteiger partial charge in [-0.15, -0.1) is 0 Å². The zero-order valence-electron chi connectivity index (χ0n) is 19.8. The monoisotopic (exact) mass is 460 g/mol. The molecule has 0 N–H and O–H groups in total. The molecule has 2 nitrogen and oxygen atoms in total. The van der Waals surface area contributed by atoms with Crippen LogP contribution < -0.4 is 0 Å². The minimum Gasteiger partial charge on any atom is -0.309 e. The zero-order chi connectivity index (χ0) is 23.9. The van der Waals surface area contributed by atoms with Crippen molar-refractivity contribution in [2.75, 3.05) is 0 Å². The van der Waals surface area contributed by atoms with Crippen LogP contribution in [0.5, 0.6) is 0 Å². The maximum absolute atomic E-state index is 2.35. The van der Waals surface area contributed by atoms with Crippen LogP contribution >= 0.6 is 0 Å². The van der Waals surface area contributed by atoms with Crippen molar-refractivity contribution in [1.29, 1.82) is 0 Å². The molecule has 0 aliphatic rings. The first-order chi connectivity index (χ1) is 17.9. The normalized spacial score (nSPS) is 11.3. The standard InChI is InChI=1S/C34H24N2/c1-3-13-29(14-4-1)35-31-17-9-7-11-27(31)23-33(35)25-19-21-26(22-20-25)34-24-28-12-8-10-18-32(28)36(34)30-15-5-2-6-16-30/h1-24H. The largest absolute Gasteiger partial charge is 0.309 e. The lowest BCUT2D eigenvalue weighted by Crippen LogP contribution is -1.97. The summed E-state index contributed by atoms with van der Waals surface area (Å²) < 4.78 is 4.70. The van der Waals surface area contributed by atoms with Crippen LogP contribution in [0.2, 0.25) is 0 Å². The summed E-state index contributed by atoms with van der Waals surface area (Å²) in [7, 11) is 0. The van der Waals surface area contributed by atoms with Gasteiger partial charge in [-0.2, -0.15) is 0 Å². The van der Waals surface area contributed by atoms with E-state index in [9.17, 15) is 0 Å². The molecule has 2 heterocycles.